The quantitative estimate of drug-likeness (QED) is 0.778. The van der Waals surface area contributed by atoms with E-state index in [-0.39, 0.29) is 24.2 Å². The number of benzene rings is 1. The zero-order valence-corrected chi connectivity index (χ0v) is 13.5. The van der Waals surface area contributed by atoms with Gasteiger partial charge in [0.05, 0.1) is 17.9 Å². The molecule has 2 rings (SSSR count). The monoisotopic (exact) mass is 334 g/mol. The first kappa shape index (κ1) is 18.6. The average molecular weight is 335 g/mol. The molecule has 0 spiro atoms. The first-order valence-corrected chi connectivity index (χ1v) is 6.88. The molecule has 23 heavy (non-hydrogen) atoms. The fourth-order valence-corrected chi connectivity index (χ4v) is 1.92. The molecule has 7 heteroatoms. The van der Waals surface area contributed by atoms with E-state index >= 15 is 0 Å². The molecule has 1 unspecified atom stereocenters. The van der Waals surface area contributed by atoms with Crippen LogP contribution in [-0.2, 0) is 16.0 Å². The van der Waals surface area contributed by atoms with E-state index < -0.39 is 6.04 Å². The van der Waals surface area contributed by atoms with E-state index in [0.29, 0.717) is 17.9 Å². The minimum absolute atomic E-state index is 0. The summed E-state index contributed by atoms with van der Waals surface area (Å²) in [6.45, 7) is 1.40. The topological polar surface area (TPSA) is 97.1 Å². The van der Waals surface area contributed by atoms with Gasteiger partial charge in [0.15, 0.2) is 0 Å². The third-order valence-corrected chi connectivity index (χ3v) is 2.97. The Morgan fingerprint density at radius 3 is 2.39 bits per heavy atom. The Kier molecular flexibility index (Phi) is 7.18. The smallest absolute Gasteiger partial charge is 0.241 e. The molecule has 2 amide bonds. The standard InChI is InChI=1S/C16H18N4O2.ClH/c1-11(21)19-15-8-7-13(10-18-15)20-16(22)14(17)9-12-5-3-2-4-6-12;/h2-8,10,14H,9,17H2,1H3,(H,20,22)(H,18,19,21);1H. The van der Waals surface area contributed by atoms with E-state index in [2.05, 4.69) is 15.6 Å². The van der Waals surface area contributed by atoms with Gasteiger partial charge in [-0.05, 0) is 24.1 Å². The number of pyridine rings is 1. The van der Waals surface area contributed by atoms with E-state index in [1.165, 1.54) is 13.1 Å². The van der Waals surface area contributed by atoms with Crippen molar-refractivity contribution >= 4 is 35.7 Å². The summed E-state index contributed by atoms with van der Waals surface area (Å²) in [5.74, 6) is -0.0498. The molecule has 0 bridgehead atoms. The van der Waals surface area contributed by atoms with Crippen molar-refractivity contribution in [3.8, 4) is 0 Å². The molecule has 0 aliphatic rings. The van der Waals surface area contributed by atoms with Crippen LogP contribution < -0.4 is 16.4 Å². The van der Waals surface area contributed by atoms with Crippen LogP contribution in [-0.4, -0.2) is 22.8 Å². The summed E-state index contributed by atoms with van der Waals surface area (Å²) in [5.41, 5.74) is 7.44. The number of hydrogen-bond acceptors (Lipinski definition) is 4. The molecule has 1 heterocycles. The van der Waals surface area contributed by atoms with Gasteiger partial charge in [0.2, 0.25) is 11.8 Å². The molecule has 2 aromatic rings. The molecule has 1 aromatic carbocycles. The first-order chi connectivity index (χ1) is 10.5. The summed E-state index contributed by atoms with van der Waals surface area (Å²) in [7, 11) is 0. The first-order valence-electron chi connectivity index (χ1n) is 6.88. The third-order valence-electron chi connectivity index (χ3n) is 2.97. The molecule has 1 atom stereocenters. The Labute approximate surface area is 140 Å². The van der Waals surface area contributed by atoms with E-state index in [9.17, 15) is 9.59 Å². The van der Waals surface area contributed by atoms with Gasteiger partial charge in [0, 0.05) is 6.92 Å². The number of anilines is 2. The van der Waals surface area contributed by atoms with Crippen LogP contribution in [0, 0.1) is 0 Å². The van der Waals surface area contributed by atoms with Crippen LogP contribution in [0.4, 0.5) is 11.5 Å². The minimum atomic E-state index is -0.641. The average Bonchev–Trinajstić information content (AvgIpc) is 2.49. The second-order valence-electron chi connectivity index (χ2n) is 4.90. The van der Waals surface area contributed by atoms with Crippen molar-refractivity contribution in [2.45, 2.75) is 19.4 Å². The van der Waals surface area contributed by atoms with Crippen molar-refractivity contribution in [2.75, 3.05) is 10.6 Å². The van der Waals surface area contributed by atoms with Gasteiger partial charge in [-0.25, -0.2) is 4.98 Å². The Morgan fingerprint density at radius 1 is 1.13 bits per heavy atom. The SMILES string of the molecule is CC(=O)Nc1ccc(NC(=O)C(N)Cc2ccccc2)cn1.Cl. The van der Waals surface area contributed by atoms with E-state index in [1.54, 1.807) is 12.1 Å². The maximum atomic E-state index is 12.0. The Bertz CT molecular complexity index is 647. The highest BCUT2D eigenvalue weighted by Crippen LogP contribution is 2.10. The van der Waals surface area contributed by atoms with E-state index in [0.717, 1.165) is 5.56 Å². The Balaban J connectivity index is 0.00000264. The zero-order chi connectivity index (χ0) is 15.9. The largest absolute Gasteiger partial charge is 0.323 e. The molecule has 1 aromatic heterocycles. The Morgan fingerprint density at radius 2 is 1.83 bits per heavy atom. The van der Waals surface area contributed by atoms with Gasteiger partial charge >= 0.3 is 0 Å². The molecular weight excluding hydrogens is 316 g/mol. The number of halogens is 1. The maximum absolute atomic E-state index is 12.0. The van der Waals surface area contributed by atoms with Crippen LogP contribution in [0.2, 0.25) is 0 Å². The summed E-state index contributed by atoms with van der Waals surface area (Å²) in [6, 6.07) is 12.2. The lowest BCUT2D eigenvalue weighted by atomic mass is 10.1. The van der Waals surface area contributed by atoms with Crippen LogP contribution in [0.1, 0.15) is 12.5 Å². The number of rotatable bonds is 5. The number of carbonyl (C=O) groups is 2. The third kappa shape index (κ3) is 6.06. The summed E-state index contributed by atoms with van der Waals surface area (Å²) < 4.78 is 0. The molecule has 0 aliphatic carbocycles. The lowest BCUT2D eigenvalue weighted by Gasteiger charge is -2.12. The van der Waals surface area contributed by atoms with Gasteiger partial charge in [-0.3, -0.25) is 9.59 Å². The van der Waals surface area contributed by atoms with Crippen LogP contribution >= 0.6 is 12.4 Å². The lowest BCUT2D eigenvalue weighted by Crippen LogP contribution is -2.37. The second kappa shape index (κ2) is 8.87. The van der Waals surface area contributed by atoms with Crippen molar-refractivity contribution < 1.29 is 9.59 Å². The molecule has 0 aliphatic heterocycles. The van der Waals surface area contributed by atoms with Crippen molar-refractivity contribution in [3.63, 3.8) is 0 Å². The van der Waals surface area contributed by atoms with Gasteiger partial charge in [0.1, 0.15) is 5.82 Å². The number of nitrogens with two attached hydrogens (primary N) is 1. The molecule has 0 radical (unpaired) electrons. The van der Waals surface area contributed by atoms with E-state index in [4.69, 9.17) is 5.73 Å². The number of nitrogens with one attached hydrogen (secondary N) is 2. The number of hydrogen-bond donors (Lipinski definition) is 3. The second-order valence-corrected chi connectivity index (χ2v) is 4.90. The van der Waals surface area contributed by atoms with Crippen molar-refractivity contribution in [1.29, 1.82) is 0 Å². The number of aromatic nitrogens is 1. The number of carbonyl (C=O) groups excluding carboxylic acids is 2. The normalized spacial score (nSPS) is 11.0. The molecular formula is C16H19ClN4O2. The summed E-state index contributed by atoms with van der Waals surface area (Å²) in [5, 5.41) is 5.26. The number of nitrogens with zero attached hydrogens (tertiary/aromatic N) is 1. The van der Waals surface area contributed by atoms with Gasteiger partial charge in [-0.1, -0.05) is 30.3 Å². The van der Waals surface area contributed by atoms with Crippen LogP contribution in [0.15, 0.2) is 48.7 Å². The van der Waals surface area contributed by atoms with Gasteiger partial charge in [-0.15, -0.1) is 12.4 Å². The van der Waals surface area contributed by atoms with Crippen LogP contribution in [0.25, 0.3) is 0 Å². The van der Waals surface area contributed by atoms with Crippen LogP contribution in [0.5, 0.6) is 0 Å². The lowest BCUT2D eigenvalue weighted by molar-refractivity contribution is -0.117. The van der Waals surface area contributed by atoms with Crippen LogP contribution in [0.3, 0.4) is 0 Å². The van der Waals surface area contributed by atoms with Crippen molar-refractivity contribution in [3.05, 3.63) is 54.2 Å². The molecule has 0 fully saturated rings. The van der Waals surface area contributed by atoms with Gasteiger partial charge in [-0.2, -0.15) is 0 Å². The summed E-state index contributed by atoms with van der Waals surface area (Å²) in [6.07, 6.45) is 1.93. The predicted molar refractivity (Wildman–Crippen MR) is 92.5 cm³/mol. The zero-order valence-electron chi connectivity index (χ0n) is 12.7. The summed E-state index contributed by atoms with van der Waals surface area (Å²) in [4.78, 5) is 27.0. The highest BCUT2D eigenvalue weighted by Gasteiger charge is 2.14. The predicted octanol–water partition coefficient (Wildman–Crippen LogP) is 1.97. The highest BCUT2D eigenvalue weighted by molar-refractivity contribution is 5.95. The van der Waals surface area contributed by atoms with Crippen molar-refractivity contribution in [1.82, 2.24) is 4.98 Å². The van der Waals surface area contributed by atoms with Gasteiger partial charge < -0.3 is 16.4 Å². The Hall–Kier alpha value is -2.44. The molecule has 0 saturated carbocycles. The fraction of sp³-hybridized carbons (Fsp3) is 0.188. The minimum Gasteiger partial charge on any atom is -0.323 e. The molecule has 6 nitrogen and oxygen atoms in total. The molecule has 4 N–H and O–H groups in total. The number of amides is 2. The summed E-state index contributed by atoms with van der Waals surface area (Å²) >= 11 is 0. The van der Waals surface area contributed by atoms with Gasteiger partial charge in [0.25, 0.3) is 0 Å². The highest BCUT2D eigenvalue weighted by atomic mass is 35.5. The van der Waals surface area contributed by atoms with E-state index in [1.807, 2.05) is 30.3 Å². The molecule has 0 saturated heterocycles. The van der Waals surface area contributed by atoms with Crippen molar-refractivity contribution in [2.24, 2.45) is 5.73 Å². The maximum Gasteiger partial charge on any atom is 0.241 e. The fourth-order valence-electron chi connectivity index (χ4n) is 1.92. The molecule has 122 valence electrons.